The summed E-state index contributed by atoms with van der Waals surface area (Å²) in [6.45, 7) is 12.7. The Labute approximate surface area is 218 Å². The minimum absolute atomic E-state index is 0.120. The van der Waals surface area contributed by atoms with Crippen molar-refractivity contribution in [3.63, 3.8) is 0 Å². The normalized spacial score (nSPS) is 33.0. The van der Waals surface area contributed by atoms with Crippen molar-refractivity contribution < 1.29 is 24.9 Å². The lowest BCUT2D eigenvalue weighted by molar-refractivity contribution is -0.158. The van der Waals surface area contributed by atoms with Crippen LogP contribution in [0.3, 0.4) is 0 Å². The molecule has 0 aromatic carbocycles. The first-order valence-corrected chi connectivity index (χ1v) is 14.0. The summed E-state index contributed by atoms with van der Waals surface area (Å²) >= 11 is 0. The van der Waals surface area contributed by atoms with E-state index in [1.54, 1.807) is 19.9 Å². The molecule has 0 aromatic heterocycles. The largest absolute Gasteiger partial charge is 0.465 e. The summed E-state index contributed by atoms with van der Waals surface area (Å²) in [5.74, 6) is 0.452. The molecule has 0 aliphatic heterocycles. The lowest BCUT2D eigenvalue weighted by Gasteiger charge is -2.42. The standard InChI is InChI=1S/C31H48O5/c1-6-7-17-36-29(35)30(3,4)28(34)15-10-21(2)26-13-14-27-23(9-8-16-31(26,27)5)12-11-22-18-24(32)20-25(33)19-22/h10-12,15,24-28,32-34H,2,6-9,13-14,16-20H2,1,3-5H3/t24-,25-,26-,27+,28-,31-/m1/s1. The van der Waals surface area contributed by atoms with Crippen LogP contribution in [-0.4, -0.2) is 46.2 Å². The molecule has 3 aliphatic rings. The predicted octanol–water partition coefficient (Wildman–Crippen LogP) is 5.80. The first-order chi connectivity index (χ1) is 17.0. The maximum absolute atomic E-state index is 12.5. The molecule has 3 aliphatic carbocycles. The number of hydrogen-bond acceptors (Lipinski definition) is 5. The fourth-order valence-electron chi connectivity index (χ4n) is 6.57. The van der Waals surface area contributed by atoms with E-state index in [9.17, 15) is 20.1 Å². The van der Waals surface area contributed by atoms with Crippen molar-refractivity contribution in [3.05, 3.63) is 47.6 Å². The van der Waals surface area contributed by atoms with Crippen LogP contribution < -0.4 is 0 Å². The number of carbonyl (C=O) groups is 1. The molecule has 202 valence electrons. The Bertz CT molecular complexity index is 869. The van der Waals surface area contributed by atoms with E-state index < -0.39 is 23.7 Å². The van der Waals surface area contributed by atoms with Crippen molar-refractivity contribution in [2.75, 3.05) is 6.61 Å². The lowest BCUT2D eigenvalue weighted by Crippen LogP contribution is -2.37. The minimum Gasteiger partial charge on any atom is -0.465 e. The maximum atomic E-state index is 12.5. The fraction of sp³-hybridized carbons (Fsp3) is 0.710. The molecule has 3 rings (SSSR count). The summed E-state index contributed by atoms with van der Waals surface area (Å²) in [6.07, 6.45) is 15.3. The van der Waals surface area contributed by atoms with E-state index in [0.29, 0.717) is 37.7 Å². The van der Waals surface area contributed by atoms with Crippen molar-refractivity contribution in [2.45, 2.75) is 110 Å². The predicted molar refractivity (Wildman–Crippen MR) is 144 cm³/mol. The second-order valence-electron chi connectivity index (χ2n) is 12.2. The Morgan fingerprint density at radius 3 is 2.58 bits per heavy atom. The third-order valence-electron chi connectivity index (χ3n) is 8.97. The lowest BCUT2D eigenvalue weighted by atomic mass is 9.62. The van der Waals surface area contributed by atoms with E-state index in [-0.39, 0.29) is 11.4 Å². The maximum Gasteiger partial charge on any atom is 0.314 e. The Morgan fingerprint density at radius 2 is 1.92 bits per heavy atom. The van der Waals surface area contributed by atoms with Gasteiger partial charge < -0.3 is 20.1 Å². The summed E-state index contributed by atoms with van der Waals surface area (Å²) in [5.41, 5.74) is 2.73. The van der Waals surface area contributed by atoms with Crippen LogP contribution in [0, 0.1) is 22.7 Å². The molecule has 0 amide bonds. The van der Waals surface area contributed by atoms with Crippen molar-refractivity contribution in [2.24, 2.45) is 22.7 Å². The number of aliphatic hydroxyl groups is 3. The van der Waals surface area contributed by atoms with Crippen molar-refractivity contribution in [3.8, 4) is 0 Å². The van der Waals surface area contributed by atoms with Gasteiger partial charge in [0.05, 0.1) is 30.3 Å². The van der Waals surface area contributed by atoms with Crippen LogP contribution in [-0.2, 0) is 9.53 Å². The molecule has 3 fully saturated rings. The topological polar surface area (TPSA) is 87.0 Å². The molecular formula is C31H48O5. The molecule has 0 aromatic rings. The Hall–Kier alpha value is -1.69. The highest BCUT2D eigenvalue weighted by Gasteiger charge is 2.49. The zero-order chi connectivity index (χ0) is 26.5. The van der Waals surface area contributed by atoms with Crippen molar-refractivity contribution >= 4 is 5.97 Å². The van der Waals surface area contributed by atoms with E-state index in [0.717, 1.165) is 56.1 Å². The molecule has 6 atom stereocenters. The SMILES string of the molecule is C=C(C=C[C@@H](O)C(C)(C)C(=O)OCCCC)[C@H]1CC[C@H]2C(=CC=C3C[C@@H](O)C[C@H](O)C3)CCC[C@]12C. The highest BCUT2D eigenvalue weighted by molar-refractivity contribution is 5.77. The number of esters is 1. The molecule has 5 nitrogen and oxygen atoms in total. The molecule has 0 radical (unpaired) electrons. The Morgan fingerprint density at radius 1 is 1.22 bits per heavy atom. The van der Waals surface area contributed by atoms with Crippen LogP contribution in [0.2, 0.25) is 0 Å². The van der Waals surface area contributed by atoms with Crippen LogP contribution in [0.5, 0.6) is 0 Å². The number of carbonyl (C=O) groups excluding carboxylic acids is 1. The molecule has 0 spiro atoms. The summed E-state index contributed by atoms with van der Waals surface area (Å²) < 4.78 is 5.36. The molecule has 3 saturated carbocycles. The van der Waals surface area contributed by atoms with Gasteiger partial charge in [-0.1, -0.05) is 67.9 Å². The first kappa shape index (κ1) is 28.9. The highest BCUT2D eigenvalue weighted by atomic mass is 16.5. The number of rotatable bonds is 9. The monoisotopic (exact) mass is 500 g/mol. The van der Waals surface area contributed by atoms with E-state index >= 15 is 0 Å². The number of ether oxygens (including phenoxy) is 1. The van der Waals surface area contributed by atoms with Gasteiger partial charge in [-0.25, -0.2) is 0 Å². The van der Waals surface area contributed by atoms with Crippen LogP contribution >= 0.6 is 0 Å². The second kappa shape index (κ2) is 12.2. The van der Waals surface area contributed by atoms with Crippen LogP contribution in [0.15, 0.2) is 47.6 Å². The summed E-state index contributed by atoms with van der Waals surface area (Å²) in [4.78, 5) is 12.5. The van der Waals surface area contributed by atoms with Crippen LogP contribution in [0.25, 0.3) is 0 Å². The Balaban J connectivity index is 1.67. The number of unbranched alkanes of at least 4 members (excludes halogenated alkanes) is 1. The highest BCUT2D eigenvalue weighted by Crippen LogP contribution is 2.59. The van der Waals surface area contributed by atoms with Gasteiger partial charge in [0.15, 0.2) is 0 Å². The number of allylic oxidation sites excluding steroid dienone is 5. The molecule has 0 heterocycles. The Kier molecular flexibility index (Phi) is 9.81. The van der Waals surface area contributed by atoms with Gasteiger partial charge >= 0.3 is 5.97 Å². The minimum atomic E-state index is -1.01. The number of hydrogen-bond donors (Lipinski definition) is 3. The van der Waals surface area contributed by atoms with Gasteiger partial charge in [0.1, 0.15) is 0 Å². The second-order valence-corrected chi connectivity index (χ2v) is 12.2. The van der Waals surface area contributed by atoms with E-state index in [2.05, 4.69) is 25.7 Å². The molecular weight excluding hydrogens is 452 g/mol. The van der Waals surface area contributed by atoms with Gasteiger partial charge in [0, 0.05) is 0 Å². The molecule has 0 unspecified atom stereocenters. The fourth-order valence-corrected chi connectivity index (χ4v) is 6.57. The molecule has 36 heavy (non-hydrogen) atoms. The van der Waals surface area contributed by atoms with E-state index in [1.807, 2.05) is 13.0 Å². The van der Waals surface area contributed by atoms with Crippen molar-refractivity contribution in [1.29, 1.82) is 0 Å². The van der Waals surface area contributed by atoms with Gasteiger partial charge in [-0.3, -0.25) is 4.79 Å². The molecule has 5 heteroatoms. The third kappa shape index (κ3) is 6.59. The quantitative estimate of drug-likeness (QED) is 0.211. The average Bonchev–Trinajstić information content (AvgIpc) is 3.18. The zero-order valence-corrected chi connectivity index (χ0v) is 22.8. The molecule has 0 saturated heterocycles. The van der Waals surface area contributed by atoms with Gasteiger partial charge in [-0.15, -0.1) is 0 Å². The third-order valence-corrected chi connectivity index (χ3v) is 8.97. The first-order valence-electron chi connectivity index (χ1n) is 14.0. The zero-order valence-electron chi connectivity index (χ0n) is 22.8. The van der Waals surface area contributed by atoms with Crippen LogP contribution in [0.1, 0.15) is 91.9 Å². The van der Waals surface area contributed by atoms with Gasteiger partial charge in [-0.2, -0.15) is 0 Å². The van der Waals surface area contributed by atoms with E-state index in [4.69, 9.17) is 4.74 Å². The number of fused-ring (bicyclic) bond motifs is 1. The van der Waals surface area contributed by atoms with Crippen LogP contribution in [0.4, 0.5) is 0 Å². The summed E-state index contributed by atoms with van der Waals surface area (Å²) in [7, 11) is 0. The van der Waals surface area contributed by atoms with Gasteiger partial charge in [-0.05, 0) is 88.9 Å². The number of aliphatic hydroxyl groups excluding tert-OH is 3. The van der Waals surface area contributed by atoms with E-state index in [1.165, 1.54) is 5.57 Å². The summed E-state index contributed by atoms with van der Waals surface area (Å²) in [5, 5.41) is 30.8. The molecule has 3 N–H and O–H groups in total. The molecule has 0 bridgehead atoms. The average molecular weight is 501 g/mol. The van der Waals surface area contributed by atoms with Gasteiger partial charge in [0.25, 0.3) is 0 Å². The summed E-state index contributed by atoms with van der Waals surface area (Å²) in [6, 6.07) is 0. The van der Waals surface area contributed by atoms with Crippen molar-refractivity contribution in [1.82, 2.24) is 0 Å². The smallest absolute Gasteiger partial charge is 0.314 e. The van der Waals surface area contributed by atoms with Gasteiger partial charge in [0.2, 0.25) is 0 Å².